The first-order valence-corrected chi connectivity index (χ1v) is 26.2. The lowest BCUT2D eigenvalue weighted by molar-refractivity contribution is 0.793. The zero-order chi connectivity index (χ0) is 49.2. The fourth-order valence-corrected chi connectivity index (χ4v) is 14.3. The molecule has 4 aliphatic rings. The summed E-state index contributed by atoms with van der Waals surface area (Å²) in [5.41, 5.74) is 30.4. The Bertz CT molecular complexity index is 4240. The van der Waals surface area contributed by atoms with E-state index in [-0.39, 0.29) is 0 Å². The van der Waals surface area contributed by atoms with Gasteiger partial charge < -0.3 is 4.90 Å². The lowest BCUT2D eigenvalue weighted by atomic mass is 9.68. The van der Waals surface area contributed by atoms with Crippen molar-refractivity contribution in [3.05, 3.63) is 330 Å². The van der Waals surface area contributed by atoms with Gasteiger partial charge in [0.2, 0.25) is 0 Å². The first-order chi connectivity index (χ1) is 37.2. The summed E-state index contributed by atoms with van der Waals surface area (Å²) < 4.78 is 0. The zero-order valence-electron chi connectivity index (χ0n) is 41.1. The summed E-state index contributed by atoms with van der Waals surface area (Å²) >= 11 is 0. The molecule has 2 spiro atoms. The minimum absolute atomic E-state index is 0.491. The SMILES string of the molecule is c1ccc(-c2cccc(N(c3ccc4c(c3)C3(c5ccccc5-c5ccccc53)c3ccccc3-4)c3ccc4c(c3)C3(c5ccccc5-c5cccc(-c6ccccc6)c53)c3cccc(-c5ccccc5)c3-4)c2)cc1. The summed E-state index contributed by atoms with van der Waals surface area (Å²) in [6, 6.07) is 107. The molecule has 1 heteroatoms. The molecular weight excluding hydrogens is 903 g/mol. The van der Waals surface area contributed by atoms with Gasteiger partial charge in [-0.2, -0.15) is 0 Å². The maximum absolute atomic E-state index is 2.56. The number of hydrogen-bond donors (Lipinski definition) is 0. The van der Waals surface area contributed by atoms with Crippen molar-refractivity contribution in [2.24, 2.45) is 0 Å². The highest BCUT2D eigenvalue weighted by Gasteiger charge is 2.54. The number of benzene rings is 12. The maximum Gasteiger partial charge on any atom is 0.0732 e. The van der Waals surface area contributed by atoms with Crippen LogP contribution in [0, 0.1) is 0 Å². The minimum Gasteiger partial charge on any atom is -0.310 e. The Morgan fingerprint density at radius 2 is 0.573 bits per heavy atom. The number of nitrogens with zero attached hydrogens (tertiary/aromatic N) is 1. The second kappa shape index (κ2) is 16.0. The maximum atomic E-state index is 2.56. The van der Waals surface area contributed by atoms with Crippen molar-refractivity contribution in [3.63, 3.8) is 0 Å². The molecule has 4 aliphatic carbocycles. The largest absolute Gasteiger partial charge is 0.310 e. The highest BCUT2D eigenvalue weighted by molar-refractivity contribution is 6.04. The van der Waals surface area contributed by atoms with Gasteiger partial charge in [0.1, 0.15) is 0 Å². The van der Waals surface area contributed by atoms with Crippen LogP contribution in [-0.2, 0) is 10.8 Å². The lowest BCUT2D eigenvalue weighted by Crippen LogP contribution is -2.27. The van der Waals surface area contributed by atoms with E-state index in [4.69, 9.17) is 0 Å². The molecule has 0 amide bonds. The summed E-state index contributed by atoms with van der Waals surface area (Å²) in [7, 11) is 0. The molecule has 0 fully saturated rings. The van der Waals surface area contributed by atoms with Gasteiger partial charge in [-0.1, -0.05) is 249 Å². The van der Waals surface area contributed by atoms with Crippen LogP contribution in [0.4, 0.5) is 17.1 Å². The molecule has 0 N–H and O–H groups in total. The van der Waals surface area contributed by atoms with E-state index < -0.39 is 10.8 Å². The number of rotatable bonds is 6. The Labute approximate surface area is 438 Å². The topological polar surface area (TPSA) is 3.24 Å². The van der Waals surface area contributed by atoms with Gasteiger partial charge in [0.05, 0.1) is 10.8 Å². The normalized spacial score (nSPS) is 15.1. The van der Waals surface area contributed by atoms with Gasteiger partial charge in [-0.3, -0.25) is 0 Å². The third-order valence-corrected chi connectivity index (χ3v) is 17.1. The number of anilines is 3. The standard InChI is InChI=1S/C74H47N/c1-4-21-48(22-5-1)51-27-18-28-52(45-51)75(53-41-43-61-59-31-12-16-38-66(59)73(69(61)46-53)64-36-14-10-29-57(64)58-30-11-15-37-65(58)73)54-42-44-63-70(47-54)74(68-40-20-33-55(71(63)68)49-23-6-2-7-24-49)67-39-17-13-32-60(67)62-35-19-34-56(72(62)74)50-25-8-3-9-26-50/h1-47H. The van der Waals surface area contributed by atoms with Crippen LogP contribution in [0.1, 0.15) is 44.5 Å². The monoisotopic (exact) mass is 949 g/mol. The average Bonchev–Trinajstić information content (AvgIpc) is 4.29. The van der Waals surface area contributed by atoms with E-state index in [0.29, 0.717) is 0 Å². The molecule has 348 valence electrons. The van der Waals surface area contributed by atoms with Gasteiger partial charge in [0.25, 0.3) is 0 Å². The first-order valence-electron chi connectivity index (χ1n) is 26.2. The summed E-state index contributed by atoms with van der Waals surface area (Å²) in [6.45, 7) is 0. The summed E-state index contributed by atoms with van der Waals surface area (Å²) in [6.07, 6.45) is 0. The van der Waals surface area contributed by atoms with E-state index in [0.717, 1.165) is 17.1 Å². The van der Waals surface area contributed by atoms with Crippen LogP contribution < -0.4 is 4.90 Å². The van der Waals surface area contributed by atoms with Crippen LogP contribution in [-0.4, -0.2) is 0 Å². The molecule has 1 atom stereocenters. The van der Waals surface area contributed by atoms with Gasteiger partial charge in [-0.15, -0.1) is 0 Å². The molecule has 0 aliphatic heterocycles. The van der Waals surface area contributed by atoms with E-state index in [1.54, 1.807) is 0 Å². The Morgan fingerprint density at radius 3 is 1.17 bits per heavy atom. The average molecular weight is 950 g/mol. The first kappa shape index (κ1) is 42.0. The highest BCUT2D eigenvalue weighted by atomic mass is 15.1. The van der Waals surface area contributed by atoms with Crippen molar-refractivity contribution in [1.29, 1.82) is 0 Å². The Balaban J connectivity index is 1.00. The molecule has 75 heavy (non-hydrogen) atoms. The molecular formula is C74H47N. The summed E-state index contributed by atoms with van der Waals surface area (Å²) in [5, 5.41) is 0. The van der Waals surface area contributed by atoms with E-state index in [2.05, 4.69) is 290 Å². The molecule has 0 saturated carbocycles. The Morgan fingerprint density at radius 1 is 0.200 bits per heavy atom. The number of fused-ring (bicyclic) bond motifs is 20. The number of hydrogen-bond acceptors (Lipinski definition) is 1. The van der Waals surface area contributed by atoms with Crippen LogP contribution in [0.25, 0.3) is 77.9 Å². The van der Waals surface area contributed by atoms with E-state index in [1.165, 1.54) is 122 Å². The Hall–Kier alpha value is -9.56. The molecule has 16 rings (SSSR count). The smallest absolute Gasteiger partial charge is 0.0732 e. The molecule has 12 aromatic rings. The highest BCUT2D eigenvalue weighted by Crippen LogP contribution is 2.67. The predicted octanol–water partition coefficient (Wildman–Crippen LogP) is 18.8. The summed E-state index contributed by atoms with van der Waals surface area (Å²) in [5.74, 6) is 0. The van der Waals surface area contributed by atoms with Crippen LogP contribution >= 0.6 is 0 Å². The third-order valence-electron chi connectivity index (χ3n) is 17.1. The van der Waals surface area contributed by atoms with E-state index >= 15 is 0 Å². The molecule has 12 aromatic carbocycles. The van der Waals surface area contributed by atoms with Crippen LogP contribution in [0.2, 0.25) is 0 Å². The van der Waals surface area contributed by atoms with Crippen LogP contribution in [0.3, 0.4) is 0 Å². The predicted molar refractivity (Wildman–Crippen MR) is 310 cm³/mol. The fourth-order valence-electron chi connectivity index (χ4n) is 14.3. The second-order valence-corrected chi connectivity index (χ2v) is 20.6. The summed E-state index contributed by atoms with van der Waals surface area (Å²) in [4.78, 5) is 2.54. The molecule has 1 nitrogen and oxygen atoms in total. The van der Waals surface area contributed by atoms with Crippen molar-refractivity contribution >= 4 is 17.1 Å². The minimum atomic E-state index is -0.637. The van der Waals surface area contributed by atoms with Crippen LogP contribution in [0.15, 0.2) is 285 Å². The molecule has 0 bridgehead atoms. The van der Waals surface area contributed by atoms with E-state index in [9.17, 15) is 0 Å². The quantitative estimate of drug-likeness (QED) is 0.161. The van der Waals surface area contributed by atoms with Crippen molar-refractivity contribution < 1.29 is 0 Å². The molecule has 0 saturated heterocycles. The Kier molecular flexibility index (Phi) is 8.94. The lowest BCUT2D eigenvalue weighted by Gasteiger charge is -2.34. The second-order valence-electron chi connectivity index (χ2n) is 20.6. The molecule has 0 aromatic heterocycles. The molecule has 1 unspecified atom stereocenters. The van der Waals surface area contributed by atoms with Crippen molar-refractivity contribution in [1.82, 2.24) is 0 Å². The van der Waals surface area contributed by atoms with Crippen molar-refractivity contribution in [3.8, 4) is 77.9 Å². The van der Waals surface area contributed by atoms with Crippen LogP contribution in [0.5, 0.6) is 0 Å². The molecule has 0 heterocycles. The van der Waals surface area contributed by atoms with E-state index in [1.807, 2.05) is 0 Å². The van der Waals surface area contributed by atoms with Crippen molar-refractivity contribution in [2.45, 2.75) is 10.8 Å². The van der Waals surface area contributed by atoms with Gasteiger partial charge in [-0.05, 0) is 159 Å². The van der Waals surface area contributed by atoms with Gasteiger partial charge >= 0.3 is 0 Å². The fraction of sp³-hybridized carbons (Fsp3) is 0.0270. The van der Waals surface area contributed by atoms with Gasteiger partial charge in [0.15, 0.2) is 0 Å². The van der Waals surface area contributed by atoms with Gasteiger partial charge in [-0.25, -0.2) is 0 Å². The molecule has 0 radical (unpaired) electrons. The zero-order valence-corrected chi connectivity index (χ0v) is 41.1. The van der Waals surface area contributed by atoms with Gasteiger partial charge in [0, 0.05) is 17.1 Å². The third kappa shape index (κ3) is 5.67. The van der Waals surface area contributed by atoms with Crippen molar-refractivity contribution in [2.75, 3.05) is 4.90 Å².